The molecule has 0 fully saturated rings. The molecule has 128 valence electrons. The lowest BCUT2D eigenvalue weighted by Gasteiger charge is -2.18. The Kier molecular flexibility index (Phi) is 5.02. The second kappa shape index (κ2) is 7.21. The number of hydrogen-bond donors (Lipinski definition) is 2. The van der Waals surface area contributed by atoms with Gasteiger partial charge in [-0.2, -0.15) is 4.98 Å². The molecule has 0 saturated carbocycles. The van der Waals surface area contributed by atoms with Gasteiger partial charge in [-0.15, -0.1) is 11.3 Å². The molecule has 0 bridgehead atoms. The summed E-state index contributed by atoms with van der Waals surface area (Å²) in [5.41, 5.74) is 6.75. The molecule has 0 unspecified atom stereocenters. The molecule has 4 N–H and O–H groups in total. The summed E-state index contributed by atoms with van der Waals surface area (Å²) in [7, 11) is 0. The number of nitrogens with two attached hydrogens (primary N) is 2. The van der Waals surface area contributed by atoms with Crippen LogP contribution in [0, 0.1) is 5.82 Å². The first-order chi connectivity index (χ1) is 12.0. The third-order valence-corrected chi connectivity index (χ3v) is 4.76. The average molecular weight is 423 g/mol. The van der Waals surface area contributed by atoms with E-state index in [1.807, 2.05) is 0 Å². The van der Waals surface area contributed by atoms with E-state index in [4.69, 9.17) is 11.6 Å². The van der Waals surface area contributed by atoms with Gasteiger partial charge < -0.3 is 5.73 Å². The minimum atomic E-state index is -0.404. The van der Waals surface area contributed by atoms with Gasteiger partial charge in [0, 0.05) is 17.1 Å². The van der Waals surface area contributed by atoms with Crippen LogP contribution in [-0.2, 0) is 11.2 Å². The van der Waals surface area contributed by atoms with Crippen molar-refractivity contribution in [3.63, 3.8) is 0 Å². The predicted molar refractivity (Wildman–Crippen MR) is 97.0 cm³/mol. The minimum Gasteiger partial charge on any atom is -0.368 e. The zero-order valence-electron chi connectivity index (χ0n) is 12.7. The molecule has 3 rings (SSSR count). The monoisotopic (exact) mass is 422 g/mol. The lowest BCUT2D eigenvalue weighted by atomic mass is 10.1. The number of thiazole rings is 1. The van der Waals surface area contributed by atoms with Gasteiger partial charge >= 0.3 is 0 Å². The lowest BCUT2D eigenvalue weighted by Crippen LogP contribution is -2.39. The Bertz CT molecular complexity index is 903. The first-order valence-electron chi connectivity index (χ1n) is 7.00. The van der Waals surface area contributed by atoms with Crippen LogP contribution in [-0.4, -0.2) is 20.9 Å². The van der Waals surface area contributed by atoms with Crippen molar-refractivity contribution >= 4 is 44.9 Å². The topological polar surface area (TPSA) is 111 Å². The third kappa shape index (κ3) is 3.81. The number of benzene rings is 1. The highest BCUT2D eigenvalue weighted by Gasteiger charge is 2.22. The zero-order valence-corrected chi connectivity index (χ0v) is 15.1. The van der Waals surface area contributed by atoms with Gasteiger partial charge in [0.1, 0.15) is 10.8 Å². The van der Waals surface area contributed by atoms with Crippen LogP contribution in [0.3, 0.4) is 0 Å². The van der Waals surface area contributed by atoms with E-state index in [0.29, 0.717) is 20.7 Å². The summed E-state index contributed by atoms with van der Waals surface area (Å²) in [6.07, 6.45) is 1.65. The quantitative estimate of drug-likeness (QED) is 0.379. The van der Waals surface area contributed by atoms with E-state index in [9.17, 15) is 9.18 Å². The van der Waals surface area contributed by atoms with E-state index in [0.717, 1.165) is 5.01 Å². The molecule has 25 heavy (non-hydrogen) atoms. The van der Waals surface area contributed by atoms with E-state index in [1.165, 1.54) is 23.5 Å². The number of nitrogen functional groups attached to an aromatic ring is 1. The fourth-order valence-corrected chi connectivity index (χ4v) is 3.29. The highest BCUT2D eigenvalue weighted by Crippen LogP contribution is 2.33. The smallest absolute Gasteiger partial charge is 0.249 e. The Hall–Kier alpha value is -2.43. The van der Waals surface area contributed by atoms with Gasteiger partial charge in [-0.3, -0.25) is 4.79 Å². The van der Waals surface area contributed by atoms with E-state index in [1.54, 1.807) is 23.7 Å². The van der Waals surface area contributed by atoms with Gasteiger partial charge in [-0.05, 0) is 40.2 Å². The number of amides is 1. The van der Waals surface area contributed by atoms with Crippen LogP contribution < -0.4 is 16.6 Å². The van der Waals surface area contributed by atoms with Gasteiger partial charge in [0.25, 0.3) is 0 Å². The molecule has 2 aromatic heterocycles. The Morgan fingerprint density at radius 3 is 2.64 bits per heavy atom. The molecule has 3 aromatic rings. The van der Waals surface area contributed by atoms with Crippen LogP contribution >= 0.6 is 27.3 Å². The number of halogens is 2. The van der Waals surface area contributed by atoms with Crippen molar-refractivity contribution < 1.29 is 9.18 Å². The largest absolute Gasteiger partial charge is 0.368 e. The summed E-state index contributed by atoms with van der Waals surface area (Å²) in [6, 6.07) is 5.69. The first kappa shape index (κ1) is 17.4. The summed E-state index contributed by atoms with van der Waals surface area (Å²) >= 11 is 4.71. The van der Waals surface area contributed by atoms with Crippen LogP contribution in [0.2, 0.25) is 0 Å². The van der Waals surface area contributed by atoms with Crippen LogP contribution in [0.5, 0.6) is 0 Å². The summed E-state index contributed by atoms with van der Waals surface area (Å²) in [5.74, 6) is 5.20. The maximum Gasteiger partial charge on any atom is 0.249 e. The lowest BCUT2D eigenvalue weighted by molar-refractivity contribution is -0.118. The number of rotatable bonds is 4. The molecule has 1 aromatic carbocycles. The molecule has 0 aliphatic heterocycles. The first-order valence-corrected chi connectivity index (χ1v) is 8.68. The molecule has 0 radical (unpaired) electrons. The van der Waals surface area contributed by atoms with Crippen molar-refractivity contribution in [2.75, 3.05) is 10.7 Å². The van der Waals surface area contributed by atoms with Crippen LogP contribution in [0.25, 0.3) is 11.3 Å². The van der Waals surface area contributed by atoms with Crippen LogP contribution in [0.15, 0.2) is 40.3 Å². The van der Waals surface area contributed by atoms with Crippen molar-refractivity contribution in [3.05, 3.63) is 51.1 Å². The van der Waals surface area contributed by atoms with Crippen LogP contribution in [0.1, 0.15) is 5.01 Å². The van der Waals surface area contributed by atoms with Gasteiger partial charge in [-0.25, -0.2) is 25.2 Å². The number of carbonyl (C=O) groups excluding carboxylic acids is 1. The molecular formula is C15H12BrFN6OS. The Morgan fingerprint density at radius 1 is 1.28 bits per heavy atom. The maximum atomic E-state index is 13.1. The van der Waals surface area contributed by atoms with Crippen molar-refractivity contribution in [1.29, 1.82) is 0 Å². The predicted octanol–water partition coefficient (Wildman–Crippen LogP) is 2.53. The second-order valence-corrected chi connectivity index (χ2v) is 6.71. The normalized spacial score (nSPS) is 10.7. The highest BCUT2D eigenvalue weighted by molar-refractivity contribution is 9.10. The molecule has 0 aliphatic carbocycles. The Labute approximate surface area is 154 Å². The fourth-order valence-electron chi connectivity index (χ4n) is 2.08. The van der Waals surface area contributed by atoms with Crippen molar-refractivity contribution in [2.24, 2.45) is 5.84 Å². The van der Waals surface area contributed by atoms with E-state index < -0.39 is 5.91 Å². The summed E-state index contributed by atoms with van der Waals surface area (Å²) < 4.78 is 13.5. The molecule has 0 atom stereocenters. The van der Waals surface area contributed by atoms with Gasteiger partial charge in [0.2, 0.25) is 11.9 Å². The molecule has 10 heteroatoms. The second-order valence-electron chi connectivity index (χ2n) is 4.94. The number of nitrogens with zero attached hydrogens (tertiary/aromatic N) is 4. The highest BCUT2D eigenvalue weighted by atomic mass is 79.9. The SMILES string of the molecule is Nc1nc(-c2ccc(F)cc2)c(Br)c(N(N)C(=O)Cc2nccs2)n1. The third-order valence-electron chi connectivity index (χ3n) is 3.25. The van der Waals surface area contributed by atoms with E-state index in [-0.39, 0.29) is 24.0 Å². The average Bonchev–Trinajstić information content (AvgIpc) is 3.09. The summed E-state index contributed by atoms with van der Waals surface area (Å²) in [4.78, 5) is 24.6. The standard InChI is InChI=1S/C15H12BrFN6OS/c16-12-13(8-1-3-9(17)4-2-8)21-15(18)22-14(12)23(19)11(24)7-10-20-5-6-25-10/h1-6H,7,19H2,(H2,18,21,22). The molecule has 1 amide bonds. The molecule has 2 heterocycles. The molecule has 0 aliphatic rings. The van der Waals surface area contributed by atoms with Gasteiger partial charge in [0.05, 0.1) is 16.6 Å². The van der Waals surface area contributed by atoms with Gasteiger partial charge in [0.15, 0.2) is 5.82 Å². The Balaban J connectivity index is 1.96. The minimum absolute atomic E-state index is 0.0381. The van der Waals surface area contributed by atoms with Crippen molar-refractivity contribution in [1.82, 2.24) is 15.0 Å². The van der Waals surface area contributed by atoms with Crippen molar-refractivity contribution in [2.45, 2.75) is 6.42 Å². The number of aromatic nitrogens is 3. The summed E-state index contributed by atoms with van der Waals surface area (Å²) in [5, 5.41) is 3.31. The molecular weight excluding hydrogens is 411 g/mol. The van der Waals surface area contributed by atoms with E-state index in [2.05, 4.69) is 30.9 Å². The summed E-state index contributed by atoms with van der Waals surface area (Å²) in [6.45, 7) is 0. The van der Waals surface area contributed by atoms with Crippen LogP contribution in [0.4, 0.5) is 16.2 Å². The molecule has 0 saturated heterocycles. The fraction of sp³-hybridized carbons (Fsp3) is 0.0667. The number of carbonyl (C=O) groups is 1. The van der Waals surface area contributed by atoms with E-state index >= 15 is 0 Å². The van der Waals surface area contributed by atoms with Crippen molar-refractivity contribution in [3.8, 4) is 11.3 Å². The zero-order chi connectivity index (χ0) is 18.0. The number of anilines is 2. The Morgan fingerprint density at radius 2 is 2.00 bits per heavy atom. The number of hydrazine groups is 1. The number of hydrogen-bond acceptors (Lipinski definition) is 7. The van der Waals surface area contributed by atoms with Gasteiger partial charge in [-0.1, -0.05) is 0 Å². The molecule has 0 spiro atoms. The maximum absolute atomic E-state index is 13.1. The molecule has 7 nitrogen and oxygen atoms in total.